The molecule has 1 aromatic carbocycles. The summed E-state index contributed by atoms with van der Waals surface area (Å²) in [4.78, 5) is 12.9. The van der Waals surface area contributed by atoms with Crippen molar-refractivity contribution in [2.45, 2.75) is 65.4 Å². The van der Waals surface area contributed by atoms with Gasteiger partial charge in [0, 0.05) is 5.92 Å². The lowest BCUT2D eigenvalue weighted by Gasteiger charge is -2.44. The van der Waals surface area contributed by atoms with Gasteiger partial charge in [-0.1, -0.05) is 64.1 Å². The highest BCUT2D eigenvalue weighted by Crippen LogP contribution is 2.56. The molecule has 29 heavy (non-hydrogen) atoms. The highest BCUT2D eigenvalue weighted by Gasteiger charge is 2.43. The largest absolute Gasteiger partial charge is 0.458 e. The smallest absolute Gasteiger partial charge is 0.368 e. The lowest BCUT2D eigenvalue weighted by Crippen LogP contribution is -2.43. The summed E-state index contributed by atoms with van der Waals surface area (Å²) < 4.78 is 29.3. The van der Waals surface area contributed by atoms with Crippen LogP contribution in [0, 0.1) is 11.8 Å². The van der Waals surface area contributed by atoms with Crippen molar-refractivity contribution in [2.75, 3.05) is 13.2 Å². The second-order valence-corrected chi connectivity index (χ2v) is 10.4. The summed E-state index contributed by atoms with van der Waals surface area (Å²) in [6.07, 6.45) is 2.54. The molecule has 0 bridgehead atoms. The van der Waals surface area contributed by atoms with Crippen molar-refractivity contribution >= 4 is 13.6 Å². The summed E-state index contributed by atoms with van der Waals surface area (Å²) in [7, 11) is -3.74. The average Bonchev–Trinajstić information content (AvgIpc) is 2.68. The fourth-order valence-electron chi connectivity index (χ4n) is 4.22. The minimum Gasteiger partial charge on any atom is -0.458 e. The molecule has 0 N–H and O–H groups in total. The van der Waals surface area contributed by atoms with E-state index < -0.39 is 13.6 Å². The molecule has 162 valence electrons. The highest BCUT2D eigenvalue weighted by molar-refractivity contribution is 7.59. The van der Waals surface area contributed by atoms with Crippen molar-refractivity contribution in [1.82, 2.24) is 0 Å². The van der Waals surface area contributed by atoms with Crippen LogP contribution in [-0.4, -0.2) is 25.3 Å². The minimum atomic E-state index is -3.74. The lowest BCUT2D eigenvalue weighted by molar-refractivity contribution is -0.151. The summed E-state index contributed by atoms with van der Waals surface area (Å²) >= 11 is 0. The molecule has 5 nitrogen and oxygen atoms in total. The molecular formula is C23H35O5P. The van der Waals surface area contributed by atoms with E-state index in [1.165, 1.54) is 5.56 Å². The molecule has 1 aromatic rings. The van der Waals surface area contributed by atoms with Crippen LogP contribution in [0.25, 0.3) is 0 Å². The molecule has 1 aliphatic rings. The topological polar surface area (TPSA) is 61.8 Å². The standard InChI is InChI=1S/C23H35O5P/c1-7-26-29(25,27-8-2)18(4)22(24)28-21-16-17(3)14-15-20(21)23(5,6)19-12-10-9-11-13-19/h9-13,17,20-21H,4,7-8,14-16H2,1-3,5-6H3/t17-,20-,21-/m1/s1. The van der Waals surface area contributed by atoms with Crippen molar-refractivity contribution in [2.24, 2.45) is 11.8 Å². The summed E-state index contributed by atoms with van der Waals surface area (Å²) in [6, 6.07) is 10.3. The SMILES string of the molecule is C=C(C(=O)O[C@@H]1C[C@H](C)CC[C@H]1C(C)(C)c1ccccc1)P(=O)(OCC)OCC. The van der Waals surface area contributed by atoms with E-state index in [9.17, 15) is 9.36 Å². The van der Waals surface area contributed by atoms with Gasteiger partial charge in [-0.3, -0.25) is 4.57 Å². The fraction of sp³-hybridized carbons (Fsp3) is 0.609. The Hall–Kier alpha value is -1.42. The quantitative estimate of drug-likeness (QED) is 0.274. The first-order valence-corrected chi connectivity index (χ1v) is 12.0. The van der Waals surface area contributed by atoms with Crippen molar-refractivity contribution in [3.8, 4) is 0 Å². The maximum Gasteiger partial charge on any atom is 0.368 e. The predicted octanol–water partition coefficient (Wildman–Crippen LogP) is 6.09. The first-order valence-electron chi connectivity index (χ1n) is 10.5. The van der Waals surface area contributed by atoms with Gasteiger partial charge >= 0.3 is 13.6 Å². The predicted molar refractivity (Wildman–Crippen MR) is 116 cm³/mol. The number of rotatable bonds is 9. The summed E-state index contributed by atoms with van der Waals surface area (Å²) in [5.41, 5.74) is 1.05. The Kier molecular flexibility index (Phi) is 8.28. The van der Waals surface area contributed by atoms with Crippen LogP contribution < -0.4 is 0 Å². The molecule has 1 saturated carbocycles. The first kappa shape index (κ1) is 23.9. The zero-order valence-electron chi connectivity index (χ0n) is 18.3. The van der Waals surface area contributed by atoms with Gasteiger partial charge in [0.25, 0.3) is 0 Å². The highest BCUT2D eigenvalue weighted by atomic mass is 31.2. The zero-order valence-corrected chi connectivity index (χ0v) is 19.2. The van der Waals surface area contributed by atoms with Crippen molar-refractivity contribution in [1.29, 1.82) is 0 Å². The van der Waals surface area contributed by atoms with Gasteiger partial charge in [-0.15, -0.1) is 0 Å². The molecule has 1 fully saturated rings. The van der Waals surface area contributed by atoms with E-state index in [-0.39, 0.29) is 36.0 Å². The molecule has 0 spiro atoms. The Morgan fingerprint density at radius 2 is 1.72 bits per heavy atom. The van der Waals surface area contributed by atoms with Gasteiger partial charge in [-0.2, -0.15) is 0 Å². The first-order chi connectivity index (χ1) is 13.7. The van der Waals surface area contributed by atoms with Gasteiger partial charge in [0.15, 0.2) is 0 Å². The van der Waals surface area contributed by atoms with Crippen LogP contribution in [0.4, 0.5) is 0 Å². The van der Waals surface area contributed by atoms with Gasteiger partial charge < -0.3 is 13.8 Å². The van der Waals surface area contributed by atoms with Crippen LogP contribution in [0.3, 0.4) is 0 Å². The van der Waals surface area contributed by atoms with Crippen molar-refractivity contribution in [3.63, 3.8) is 0 Å². The van der Waals surface area contributed by atoms with Gasteiger partial charge in [0.05, 0.1) is 13.2 Å². The summed E-state index contributed by atoms with van der Waals surface area (Å²) in [5, 5.41) is -0.226. The van der Waals surface area contributed by atoms with Gasteiger partial charge in [-0.05, 0) is 43.6 Å². The van der Waals surface area contributed by atoms with Gasteiger partial charge in [0.1, 0.15) is 11.4 Å². The average molecular weight is 423 g/mol. The second-order valence-electron chi connectivity index (χ2n) is 8.34. The molecule has 0 amide bonds. The molecule has 0 aromatic heterocycles. The third-order valence-corrected chi connectivity index (χ3v) is 7.96. The third kappa shape index (κ3) is 5.59. The molecule has 0 saturated heterocycles. The molecule has 2 rings (SSSR count). The number of hydrogen-bond acceptors (Lipinski definition) is 5. The van der Waals surface area contributed by atoms with E-state index in [2.05, 4.69) is 39.5 Å². The Balaban J connectivity index is 2.24. The van der Waals surface area contributed by atoms with Gasteiger partial charge in [-0.25, -0.2) is 4.79 Å². The Morgan fingerprint density at radius 3 is 2.28 bits per heavy atom. The van der Waals surface area contributed by atoms with Gasteiger partial charge in [0.2, 0.25) is 0 Å². The molecule has 3 atom stereocenters. The Labute approximate surface area is 175 Å². The van der Waals surface area contributed by atoms with E-state index in [0.29, 0.717) is 5.92 Å². The minimum absolute atomic E-state index is 0.149. The number of hydrogen-bond donors (Lipinski definition) is 0. The molecular weight excluding hydrogens is 387 g/mol. The van der Waals surface area contributed by atoms with E-state index in [1.807, 2.05) is 18.2 Å². The number of carbonyl (C=O) groups excluding carboxylic acids is 1. The van der Waals surface area contributed by atoms with Crippen LogP contribution in [0.1, 0.15) is 59.4 Å². The van der Waals surface area contributed by atoms with Crippen molar-refractivity contribution < 1.29 is 23.1 Å². The molecule has 1 aliphatic carbocycles. The number of benzene rings is 1. The maximum atomic E-state index is 12.9. The fourth-order valence-corrected chi connectivity index (χ4v) is 5.56. The lowest BCUT2D eigenvalue weighted by atomic mass is 9.64. The van der Waals surface area contributed by atoms with Crippen LogP contribution in [0.5, 0.6) is 0 Å². The van der Waals surface area contributed by atoms with Crippen LogP contribution in [0.15, 0.2) is 42.2 Å². The molecule has 6 heteroatoms. The van der Waals surface area contributed by atoms with E-state index >= 15 is 0 Å². The van der Waals surface area contributed by atoms with E-state index in [4.69, 9.17) is 13.8 Å². The maximum absolute atomic E-state index is 12.9. The normalized spacial score (nSPS) is 22.9. The summed E-state index contributed by atoms with van der Waals surface area (Å²) in [5.74, 6) is -0.0888. The van der Waals surface area contributed by atoms with E-state index in [0.717, 1.165) is 19.3 Å². The Morgan fingerprint density at radius 1 is 1.14 bits per heavy atom. The number of esters is 1. The zero-order chi connectivity index (χ0) is 21.7. The molecule has 0 radical (unpaired) electrons. The molecule has 0 unspecified atom stereocenters. The van der Waals surface area contributed by atoms with Crippen molar-refractivity contribution in [3.05, 3.63) is 47.8 Å². The van der Waals surface area contributed by atoms with Crippen LogP contribution >= 0.6 is 7.60 Å². The number of ether oxygens (including phenoxy) is 1. The molecule has 0 heterocycles. The Bertz CT molecular complexity index is 733. The monoisotopic (exact) mass is 422 g/mol. The number of carbonyl (C=O) groups is 1. The third-order valence-electron chi connectivity index (χ3n) is 5.92. The second kappa shape index (κ2) is 10.1. The van der Waals surface area contributed by atoms with Crippen LogP contribution in [-0.2, 0) is 28.6 Å². The van der Waals surface area contributed by atoms with Crippen LogP contribution in [0.2, 0.25) is 0 Å². The van der Waals surface area contributed by atoms with E-state index in [1.54, 1.807) is 13.8 Å². The molecule has 0 aliphatic heterocycles. The summed E-state index contributed by atoms with van der Waals surface area (Å²) in [6.45, 7) is 14.0.